The Kier molecular flexibility index (Phi) is 4.15. The molecule has 0 aliphatic rings. The third kappa shape index (κ3) is 2.94. The summed E-state index contributed by atoms with van der Waals surface area (Å²) in [5.41, 5.74) is 3.55. The predicted molar refractivity (Wildman–Crippen MR) is 103 cm³/mol. The van der Waals surface area contributed by atoms with Crippen LogP contribution in [0, 0.1) is 0 Å². The third-order valence-electron chi connectivity index (χ3n) is 4.12. The number of hydrogen-bond acceptors (Lipinski definition) is 2. The Morgan fingerprint density at radius 2 is 1.54 bits per heavy atom. The highest BCUT2D eigenvalue weighted by Crippen LogP contribution is 2.32. The van der Waals surface area contributed by atoms with Crippen LogP contribution in [-0.2, 0) is 0 Å². The number of fused-ring (bicyclic) bond motifs is 1. The number of benzene rings is 3. The lowest BCUT2D eigenvalue weighted by atomic mass is 10.1. The average molecular weight is 383 g/mol. The Labute approximate surface area is 159 Å². The van der Waals surface area contributed by atoms with Crippen molar-refractivity contribution < 1.29 is 9.90 Å². The lowest BCUT2D eigenvalue weighted by Gasteiger charge is -2.04. The highest BCUT2D eigenvalue weighted by Gasteiger charge is 2.14. The summed E-state index contributed by atoms with van der Waals surface area (Å²) in [7, 11) is 0. The van der Waals surface area contributed by atoms with Crippen LogP contribution in [0.1, 0.15) is 10.4 Å². The molecule has 0 aliphatic heterocycles. The lowest BCUT2D eigenvalue weighted by Crippen LogP contribution is -1.99. The molecule has 0 saturated carbocycles. The summed E-state index contributed by atoms with van der Waals surface area (Å²) < 4.78 is 1.76. The van der Waals surface area contributed by atoms with Crippen molar-refractivity contribution in [3.05, 3.63) is 82.3 Å². The van der Waals surface area contributed by atoms with Gasteiger partial charge in [-0.25, -0.2) is 9.48 Å². The largest absolute Gasteiger partial charge is 0.478 e. The van der Waals surface area contributed by atoms with Crippen LogP contribution >= 0.6 is 23.2 Å². The van der Waals surface area contributed by atoms with Gasteiger partial charge in [0.05, 0.1) is 16.8 Å². The van der Waals surface area contributed by atoms with Crippen molar-refractivity contribution >= 4 is 40.1 Å². The molecule has 1 N–H and O–H groups in total. The summed E-state index contributed by atoms with van der Waals surface area (Å²) in [4.78, 5) is 11.1. The molecule has 0 unspecified atom stereocenters. The molecular weight excluding hydrogens is 371 g/mol. The average Bonchev–Trinajstić information content (AvgIpc) is 3.01. The number of aromatic nitrogens is 2. The Morgan fingerprint density at radius 3 is 2.19 bits per heavy atom. The van der Waals surface area contributed by atoms with E-state index in [4.69, 9.17) is 33.4 Å². The molecule has 0 spiro atoms. The maximum absolute atomic E-state index is 11.1. The Bertz CT molecular complexity index is 1120. The first kappa shape index (κ1) is 16.6. The fourth-order valence-electron chi connectivity index (χ4n) is 2.85. The highest BCUT2D eigenvalue weighted by atomic mass is 35.5. The molecule has 0 saturated heterocycles. The Balaban J connectivity index is 1.93. The van der Waals surface area contributed by atoms with E-state index in [-0.39, 0.29) is 5.56 Å². The molecule has 4 rings (SSSR count). The van der Waals surface area contributed by atoms with E-state index in [2.05, 4.69) is 0 Å². The van der Waals surface area contributed by atoms with Gasteiger partial charge in [-0.3, -0.25) is 0 Å². The second-order valence-electron chi connectivity index (χ2n) is 5.78. The number of rotatable bonds is 3. The van der Waals surface area contributed by atoms with Gasteiger partial charge >= 0.3 is 5.97 Å². The zero-order chi connectivity index (χ0) is 18.3. The van der Waals surface area contributed by atoms with Crippen molar-refractivity contribution in [2.45, 2.75) is 0 Å². The van der Waals surface area contributed by atoms with Crippen molar-refractivity contribution in [3.8, 4) is 16.9 Å². The molecule has 0 atom stereocenters. The minimum Gasteiger partial charge on any atom is -0.478 e. The summed E-state index contributed by atoms with van der Waals surface area (Å²) in [6.07, 6.45) is 0. The summed E-state index contributed by atoms with van der Waals surface area (Å²) >= 11 is 12.2. The summed E-state index contributed by atoms with van der Waals surface area (Å²) in [5, 5.41) is 16.0. The molecular formula is C20H12Cl2N2O2. The van der Waals surface area contributed by atoms with E-state index in [0.717, 1.165) is 27.8 Å². The van der Waals surface area contributed by atoms with Crippen molar-refractivity contribution in [3.63, 3.8) is 0 Å². The molecule has 0 amide bonds. The number of aromatic carboxylic acids is 1. The van der Waals surface area contributed by atoms with Crippen LogP contribution in [0.3, 0.4) is 0 Å². The molecule has 4 nitrogen and oxygen atoms in total. The predicted octanol–water partition coefficient (Wildman–Crippen LogP) is 5.70. The van der Waals surface area contributed by atoms with Gasteiger partial charge in [0.25, 0.3) is 0 Å². The molecule has 128 valence electrons. The van der Waals surface area contributed by atoms with Crippen LogP contribution in [0.25, 0.3) is 27.8 Å². The number of carboxylic acid groups (broad SMARTS) is 1. The fraction of sp³-hybridized carbons (Fsp3) is 0. The van der Waals surface area contributed by atoms with Crippen LogP contribution in [0.2, 0.25) is 10.0 Å². The minimum atomic E-state index is -0.966. The van der Waals surface area contributed by atoms with Gasteiger partial charge in [-0.05, 0) is 54.6 Å². The van der Waals surface area contributed by atoms with Crippen molar-refractivity contribution in [2.75, 3.05) is 0 Å². The monoisotopic (exact) mass is 382 g/mol. The normalized spacial score (nSPS) is 11.0. The number of halogens is 2. The Hall–Kier alpha value is -2.82. The summed E-state index contributed by atoms with van der Waals surface area (Å²) in [5.74, 6) is -0.966. The van der Waals surface area contributed by atoms with E-state index in [9.17, 15) is 4.79 Å². The van der Waals surface area contributed by atoms with Gasteiger partial charge in [-0.15, -0.1) is 0 Å². The zero-order valence-corrected chi connectivity index (χ0v) is 14.9. The number of nitrogens with zero attached hydrogens (tertiary/aromatic N) is 2. The van der Waals surface area contributed by atoms with Crippen LogP contribution < -0.4 is 0 Å². The van der Waals surface area contributed by atoms with E-state index in [1.165, 1.54) is 0 Å². The number of hydrogen-bond donors (Lipinski definition) is 1. The number of carboxylic acids is 1. The first-order valence-corrected chi connectivity index (χ1v) is 8.56. The molecule has 4 aromatic rings. The van der Waals surface area contributed by atoms with Crippen LogP contribution in [-0.4, -0.2) is 20.9 Å². The van der Waals surface area contributed by atoms with Gasteiger partial charge in [0.1, 0.15) is 5.69 Å². The molecule has 3 aromatic carbocycles. The van der Waals surface area contributed by atoms with E-state index >= 15 is 0 Å². The van der Waals surface area contributed by atoms with E-state index in [1.54, 1.807) is 28.9 Å². The fourth-order valence-corrected chi connectivity index (χ4v) is 3.14. The van der Waals surface area contributed by atoms with Crippen molar-refractivity contribution in [2.24, 2.45) is 0 Å². The van der Waals surface area contributed by atoms with Crippen LogP contribution in [0.15, 0.2) is 66.7 Å². The molecule has 6 heteroatoms. The summed E-state index contributed by atoms with van der Waals surface area (Å²) in [6.45, 7) is 0. The SMILES string of the molecule is O=C(O)c1ccc(-n2nc(-c3ccc(Cl)cc3)c3ccc(Cl)cc32)cc1. The zero-order valence-electron chi connectivity index (χ0n) is 13.4. The summed E-state index contributed by atoms with van der Waals surface area (Å²) in [6, 6.07) is 19.6. The minimum absolute atomic E-state index is 0.223. The van der Waals surface area contributed by atoms with Crippen LogP contribution in [0.5, 0.6) is 0 Å². The second kappa shape index (κ2) is 6.48. The molecule has 1 aromatic heterocycles. The topological polar surface area (TPSA) is 55.1 Å². The second-order valence-corrected chi connectivity index (χ2v) is 6.65. The van der Waals surface area contributed by atoms with Gasteiger partial charge in [0.2, 0.25) is 0 Å². The molecule has 0 aliphatic carbocycles. The van der Waals surface area contributed by atoms with Crippen molar-refractivity contribution in [1.29, 1.82) is 0 Å². The first-order valence-electron chi connectivity index (χ1n) is 7.81. The van der Waals surface area contributed by atoms with Gasteiger partial charge in [-0.1, -0.05) is 35.3 Å². The Morgan fingerprint density at radius 1 is 0.885 bits per heavy atom. The number of carbonyl (C=O) groups is 1. The van der Waals surface area contributed by atoms with E-state index in [1.807, 2.05) is 42.5 Å². The van der Waals surface area contributed by atoms with Gasteiger partial charge < -0.3 is 5.11 Å². The smallest absolute Gasteiger partial charge is 0.335 e. The van der Waals surface area contributed by atoms with Gasteiger partial charge in [0.15, 0.2) is 0 Å². The standard InChI is InChI=1S/C20H12Cl2N2O2/c21-14-5-1-12(2-6-14)19-17-10-7-15(22)11-18(17)24(23-19)16-8-3-13(4-9-16)20(25)26/h1-11H,(H,25,26). The molecule has 0 bridgehead atoms. The maximum Gasteiger partial charge on any atom is 0.335 e. The third-order valence-corrected chi connectivity index (χ3v) is 4.61. The van der Waals surface area contributed by atoms with Gasteiger partial charge in [0, 0.05) is 21.0 Å². The quantitative estimate of drug-likeness (QED) is 0.494. The highest BCUT2D eigenvalue weighted by molar-refractivity contribution is 6.31. The molecule has 0 radical (unpaired) electrons. The van der Waals surface area contributed by atoms with E-state index in [0.29, 0.717) is 10.0 Å². The molecule has 26 heavy (non-hydrogen) atoms. The lowest BCUT2D eigenvalue weighted by molar-refractivity contribution is 0.0697. The molecule has 0 fully saturated rings. The van der Waals surface area contributed by atoms with E-state index < -0.39 is 5.97 Å². The van der Waals surface area contributed by atoms with Gasteiger partial charge in [-0.2, -0.15) is 5.10 Å². The van der Waals surface area contributed by atoms with Crippen molar-refractivity contribution in [1.82, 2.24) is 9.78 Å². The van der Waals surface area contributed by atoms with Crippen LogP contribution in [0.4, 0.5) is 0 Å². The maximum atomic E-state index is 11.1. The molecule has 1 heterocycles. The first-order chi connectivity index (χ1) is 12.5.